The van der Waals surface area contributed by atoms with Gasteiger partial charge in [0.15, 0.2) is 0 Å². The first-order valence-electron chi connectivity index (χ1n) is 6.40. The minimum atomic E-state index is -1.03. The number of nitrogens with one attached hydrogen (secondary N) is 1. The Morgan fingerprint density at radius 2 is 2.00 bits per heavy atom. The van der Waals surface area contributed by atoms with Crippen LogP contribution in [0.15, 0.2) is 34.8 Å². The van der Waals surface area contributed by atoms with E-state index < -0.39 is 5.97 Å². The highest BCUT2D eigenvalue weighted by Gasteiger charge is 2.60. The van der Waals surface area contributed by atoms with Crippen molar-refractivity contribution < 1.29 is 14.7 Å². The molecule has 1 aromatic rings. The van der Waals surface area contributed by atoms with Gasteiger partial charge in [0, 0.05) is 5.69 Å². The van der Waals surface area contributed by atoms with Crippen molar-refractivity contribution in [3.63, 3.8) is 0 Å². The molecule has 0 saturated heterocycles. The molecule has 1 fully saturated rings. The lowest BCUT2D eigenvalue weighted by atomic mass is 10.1. The second-order valence-electron chi connectivity index (χ2n) is 5.66. The average molecular weight is 328 g/mol. The molecule has 0 aliphatic heterocycles. The summed E-state index contributed by atoms with van der Waals surface area (Å²) < 4.78 is 0.149. The summed E-state index contributed by atoms with van der Waals surface area (Å²) in [6.07, 6.45) is 1.67. The van der Waals surface area contributed by atoms with Gasteiger partial charge in [-0.1, -0.05) is 43.1 Å². The van der Waals surface area contributed by atoms with Gasteiger partial charge in [0.1, 0.15) is 4.49 Å². The van der Waals surface area contributed by atoms with Crippen molar-refractivity contribution in [1.82, 2.24) is 0 Å². The van der Waals surface area contributed by atoms with Gasteiger partial charge in [-0.25, -0.2) is 4.79 Å². The predicted octanol–water partition coefficient (Wildman–Crippen LogP) is 3.91. The van der Waals surface area contributed by atoms with Crippen LogP contribution in [0.5, 0.6) is 0 Å². The van der Waals surface area contributed by atoms with Crippen molar-refractivity contribution in [2.75, 3.05) is 5.32 Å². The molecule has 0 unspecified atom stereocenters. The quantitative estimate of drug-likeness (QED) is 0.880. The summed E-state index contributed by atoms with van der Waals surface area (Å²) in [6.45, 7) is 3.92. The summed E-state index contributed by atoms with van der Waals surface area (Å²) >= 11 is 11.3. The molecular formula is C15H15Cl2NO3. The van der Waals surface area contributed by atoms with Crippen LogP contribution in [-0.4, -0.2) is 17.0 Å². The number of allylic oxidation sites excluding steroid dienone is 1. The van der Waals surface area contributed by atoms with Gasteiger partial charge in [-0.15, -0.1) is 0 Å². The van der Waals surface area contributed by atoms with E-state index in [1.54, 1.807) is 18.2 Å². The molecule has 1 saturated carbocycles. The van der Waals surface area contributed by atoms with E-state index in [2.05, 4.69) is 5.32 Å². The van der Waals surface area contributed by atoms with Gasteiger partial charge in [-0.3, -0.25) is 4.79 Å². The van der Waals surface area contributed by atoms with Crippen LogP contribution in [0.4, 0.5) is 5.69 Å². The number of carboxylic acid groups (broad SMARTS) is 1. The number of aromatic carboxylic acids is 1. The Balaban J connectivity index is 2.11. The molecule has 0 heterocycles. The van der Waals surface area contributed by atoms with Crippen LogP contribution < -0.4 is 5.32 Å². The molecule has 2 rings (SSSR count). The van der Waals surface area contributed by atoms with E-state index in [4.69, 9.17) is 28.3 Å². The van der Waals surface area contributed by atoms with Gasteiger partial charge in [0.05, 0.1) is 11.5 Å². The van der Waals surface area contributed by atoms with Crippen LogP contribution in [0.1, 0.15) is 24.2 Å². The van der Waals surface area contributed by atoms with Gasteiger partial charge >= 0.3 is 5.97 Å². The summed E-state index contributed by atoms with van der Waals surface area (Å²) in [4.78, 5) is 23.2. The fourth-order valence-electron chi connectivity index (χ4n) is 2.58. The third-order valence-corrected chi connectivity index (χ3v) is 4.13. The third-order valence-electron chi connectivity index (χ3n) is 3.88. The number of carboxylic acids is 1. The first kappa shape index (κ1) is 15.9. The molecule has 4 nitrogen and oxygen atoms in total. The molecule has 1 aliphatic rings. The van der Waals surface area contributed by atoms with Crippen LogP contribution in [-0.2, 0) is 4.79 Å². The summed E-state index contributed by atoms with van der Waals surface area (Å²) in [5.74, 6) is -1.46. The molecule has 6 heteroatoms. The largest absolute Gasteiger partial charge is 0.478 e. The van der Waals surface area contributed by atoms with Crippen molar-refractivity contribution in [3.8, 4) is 0 Å². The van der Waals surface area contributed by atoms with Crippen LogP contribution >= 0.6 is 23.2 Å². The van der Waals surface area contributed by atoms with Crippen molar-refractivity contribution in [2.45, 2.75) is 13.8 Å². The number of carbonyl (C=O) groups is 2. The molecule has 2 N–H and O–H groups in total. The first-order chi connectivity index (χ1) is 9.73. The maximum atomic E-state index is 12.3. The lowest BCUT2D eigenvalue weighted by Gasteiger charge is -2.06. The van der Waals surface area contributed by atoms with Crippen LogP contribution in [0, 0.1) is 17.3 Å². The lowest BCUT2D eigenvalue weighted by Crippen LogP contribution is -2.17. The molecule has 112 valence electrons. The van der Waals surface area contributed by atoms with E-state index >= 15 is 0 Å². The fraction of sp³-hybridized carbons (Fsp3) is 0.333. The predicted molar refractivity (Wildman–Crippen MR) is 82.6 cm³/mol. The van der Waals surface area contributed by atoms with Gasteiger partial charge in [0.25, 0.3) is 0 Å². The number of rotatable bonds is 4. The lowest BCUT2D eigenvalue weighted by molar-refractivity contribution is -0.118. The van der Waals surface area contributed by atoms with E-state index in [0.717, 1.165) is 0 Å². The number of amides is 1. The number of hydrogen-bond donors (Lipinski definition) is 2. The van der Waals surface area contributed by atoms with Crippen molar-refractivity contribution in [3.05, 3.63) is 40.4 Å². The van der Waals surface area contributed by atoms with E-state index in [0.29, 0.717) is 5.69 Å². The fourth-order valence-corrected chi connectivity index (χ4v) is 2.85. The van der Waals surface area contributed by atoms with Crippen LogP contribution in [0.2, 0.25) is 0 Å². The molecule has 21 heavy (non-hydrogen) atoms. The second-order valence-corrected chi connectivity index (χ2v) is 6.66. The highest BCUT2D eigenvalue weighted by molar-refractivity contribution is 6.55. The maximum Gasteiger partial charge on any atom is 0.335 e. The summed E-state index contributed by atoms with van der Waals surface area (Å²) in [7, 11) is 0. The Morgan fingerprint density at radius 1 is 1.33 bits per heavy atom. The van der Waals surface area contributed by atoms with E-state index in [-0.39, 0.29) is 33.2 Å². The topological polar surface area (TPSA) is 66.4 Å². The normalized spacial score (nSPS) is 22.3. The smallest absolute Gasteiger partial charge is 0.335 e. The van der Waals surface area contributed by atoms with Gasteiger partial charge < -0.3 is 10.4 Å². The van der Waals surface area contributed by atoms with Gasteiger partial charge in [0.2, 0.25) is 5.91 Å². The van der Waals surface area contributed by atoms with Crippen molar-refractivity contribution >= 4 is 40.8 Å². The molecular weight excluding hydrogens is 313 g/mol. The Labute approximate surface area is 132 Å². The molecule has 0 bridgehead atoms. The van der Waals surface area contributed by atoms with Crippen LogP contribution in [0.3, 0.4) is 0 Å². The minimum absolute atomic E-state index is 0.0230. The number of anilines is 1. The highest BCUT2D eigenvalue weighted by atomic mass is 35.5. The summed E-state index contributed by atoms with van der Waals surface area (Å²) in [5.41, 5.74) is 0.370. The zero-order valence-electron chi connectivity index (χ0n) is 11.6. The van der Waals surface area contributed by atoms with Crippen molar-refractivity contribution in [2.24, 2.45) is 17.3 Å². The summed E-state index contributed by atoms with van der Waals surface area (Å²) in [6, 6.07) is 6.13. The standard InChI is InChI=1S/C15H15Cl2NO3/c1-15(2)10(7-11(16)17)12(15)13(19)18-9-5-3-4-8(6-9)14(20)21/h3-7,10,12H,1-2H3,(H,18,19)(H,20,21)/t10-,12-/m1/s1. The van der Waals surface area contributed by atoms with E-state index in [1.165, 1.54) is 12.1 Å². The third kappa shape index (κ3) is 3.39. The summed E-state index contributed by atoms with van der Waals surface area (Å²) in [5, 5.41) is 11.7. The van der Waals surface area contributed by atoms with Gasteiger partial charge in [-0.05, 0) is 35.6 Å². The molecule has 1 aromatic carbocycles. The molecule has 0 radical (unpaired) electrons. The van der Waals surface area contributed by atoms with E-state index in [1.807, 2.05) is 13.8 Å². The van der Waals surface area contributed by atoms with E-state index in [9.17, 15) is 9.59 Å². The SMILES string of the molecule is CC1(C)[C@H](C=C(Cl)Cl)[C@@H]1C(=O)Nc1cccc(C(=O)O)c1. The molecule has 1 aliphatic carbocycles. The van der Waals surface area contributed by atoms with Gasteiger partial charge in [-0.2, -0.15) is 0 Å². The zero-order chi connectivity index (χ0) is 15.8. The Morgan fingerprint density at radius 3 is 2.57 bits per heavy atom. The number of halogens is 2. The highest BCUT2D eigenvalue weighted by Crippen LogP contribution is 2.60. The Kier molecular flexibility index (Phi) is 4.30. The molecule has 2 atom stereocenters. The van der Waals surface area contributed by atoms with Crippen LogP contribution in [0.25, 0.3) is 0 Å². The number of hydrogen-bond acceptors (Lipinski definition) is 2. The molecule has 0 spiro atoms. The zero-order valence-corrected chi connectivity index (χ0v) is 13.1. The van der Waals surface area contributed by atoms with Crippen molar-refractivity contribution in [1.29, 1.82) is 0 Å². The molecule has 1 amide bonds. The number of carbonyl (C=O) groups excluding carboxylic acids is 1. The molecule has 0 aromatic heterocycles. The Bertz CT molecular complexity index is 621. The average Bonchev–Trinajstić information content (AvgIpc) is 2.90. The monoisotopic (exact) mass is 327 g/mol. The second kappa shape index (κ2) is 5.70. The minimum Gasteiger partial charge on any atom is -0.478 e. The first-order valence-corrected chi connectivity index (χ1v) is 7.16. The number of benzene rings is 1. The Hall–Kier alpha value is -1.52. The maximum absolute atomic E-state index is 12.3.